The Hall–Kier alpha value is -2.62. The second kappa shape index (κ2) is 9.36. The van der Waals surface area contributed by atoms with E-state index in [-0.39, 0.29) is 5.91 Å². The van der Waals surface area contributed by atoms with Crippen LogP contribution in [0.25, 0.3) is 0 Å². The minimum absolute atomic E-state index is 0.0221. The average Bonchev–Trinajstić information content (AvgIpc) is 2.72. The third-order valence-corrected chi connectivity index (χ3v) is 5.04. The van der Waals surface area contributed by atoms with E-state index in [0.717, 1.165) is 44.1 Å². The molecule has 2 aromatic rings. The predicted octanol–water partition coefficient (Wildman–Crippen LogP) is 2.44. The maximum absolute atomic E-state index is 12.1. The van der Waals surface area contributed by atoms with Crippen molar-refractivity contribution >= 4 is 23.3 Å². The van der Waals surface area contributed by atoms with Gasteiger partial charge in [-0.1, -0.05) is 29.8 Å². The number of nitrogens with one attached hydrogen (secondary N) is 1. The van der Waals surface area contributed by atoms with Crippen molar-refractivity contribution < 1.29 is 4.79 Å². The number of carbonyl (C=O) groups is 1. The fraction of sp³-hybridized carbons (Fsp3) is 0.350. The zero-order chi connectivity index (χ0) is 19.1. The molecule has 0 saturated carbocycles. The number of rotatable bonds is 6. The van der Waals surface area contributed by atoms with Gasteiger partial charge in [0.2, 0.25) is 5.91 Å². The number of amides is 1. The van der Waals surface area contributed by atoms with Crippen LogP contribution in [0.5, 0.6) is 0 Å². The standard InChI is InChI=1S/C20H22ClN5O/c21-18-6-2-1-4-17(18)15-24-19(27)7-9-25-10-12-26(13-11-25)20-16(14-22)5-3-8-23-20/h1-6,8H,7,9-13,15H2,(H,24,27). The second-order valence-corrected chi connectivity index (χ2v) is 6.84. The number of hydrogen-bond acceptors (Lipinski definition) is 5. The van der Waals surface area contributed by atoms with Crippen LogP contribution in [-0.4, -0.2) is 48.5 Å². The number of hydrogen-bond donors (Lipinski definition) is 1. The van der Waals surface area contributed by atoms with Crippen LogP contribution in [0.3, 0.4) is 0 Å². The summed E-state index contributed by atoms with van der Waals surface area (Å²) in [4.78, 5) is 20.8. The maximum atomic E-state index is 12.1. The van der Waals surface area contributed by atoms with Crippen molar-refractivity contribution in [2.75, 3.05) is 37.6 Å². The highest BCUT2D eigenvalue weighted by molar-refractivity contribution is 6.31. The molecule has 1 fully saturated rings. The van der Waals surface area contributed by atoms with Crippen LogP contribution >= 0.6 is 11.6 Å². The summed E-state index contributed by atoms with van der Waals surface area (Å²) in [6.45, 7) is 4.46. The molecule has 1 N–H and O–H groups in total. The van der Waals surface area contributed by atoms with E-state index in [0.29, 0.717) is 23.6 Å². The summed E-state index contributed by atoms with van der Waals surface area (Å²) in [7, 11) is 0. The molecule has 1 aliphatic rings. The zero-order valence-corrected chi connectivity index (χ0v) is 15.8. The Bertz CT molecular complexity index is 827. The van der Waals surface area contributed by atoms with E-state index in [1.807, 2.05) is 24.3 Å². The largest absolute Gasteiger partial charge is 0.353 e. The van der Waals surface area contributed by atoms with Crippen molar-refractivity contribution in [3.63, 3.8) is 0 Å². The Kier molecular flexibility index (Phi) is 6.64. The molecule has 0 spiro atoms. The third kappa shape index (κ3) is 5.19. The molecule has 3 rings (SSSR count). The van der Waals surface area contributed by atoms with Gasteiger partial charge < -0.3 is 10.2 Å². The lowest BCUT2D eigenvalue weighted by molar-refractivity contribution is -0.121. The number of halogens is 1. The molecule has 1 saturated heterocycles. The van der Waals surface area contributed by atoms with Gasteiger partial charge in [-0.25, -0.2) is 4.98 Å². The molecule has 6 nitrogen and oxygen atoms in total. The van der Waals surface area contributed by atoms with Gasteiger partial charge in [-0.15, -0.1) is 0 Å². The molecule has 1 aromatic heterocycles. The highest BCUT2D eigenvalue weighted by Gasteiger charge is 2.20. The summed E-state index contributed by atoms with van der Waals surface area (Å²) in [5, 5.41) is 12.8. The Morgan fingerprint density at radius 1 is 1.19 bits per heavy atom. The molecule has 0 bridgehead atoms. The quantitative estimate of drug-likeness (QED) is 0.829. The molecule has 0 unspecified atom stereocenters. The van der Waals surface area contributed by atoms with E-state index in [9.17, 15) is 10.1 Å². The van der Waals surface area contributed by atoms with Gasteiger partial charge >= 0.3 is 0 Å². The lowest BCUT2D eigenvalue weighted by atomic mass is 10.2. The van der Waals surface area contributed by atoms with Crippen molar-refractivity contribution in [2.24, 2.45) is 0 Å². The predicted molar refractivity (Wildman–Crippen MR) is 106 cm³/mol. The molecule has 1 aromatic carbocycles. The van der Waals surface area contributed by atoms with Crippen molar-refractivity contribution in [1.29, 1.82) is 5.26 Å². The first-order valence-corrected chi connectivity index (χ1v) is 9.37. The van der Waals surface area contributed by atoms with Gasteiger partial charge in [0, 0.05) is 56.9 Å². The van der Waals surface area contributed by atoms with Gasteiger partial charge in [-0.2, -0.15) is 5.26 Å². The first-order chi connectivity index (χ1) is 13.2. The van der Waals surface area contributed by atoms with Crippen molar-refractivity contribution in [3.8, 4) is 6.07 Å². The number of piperazine rings is 1. The summed E-state index contributed by atoms with van der Waals surface area (Å²) in [5.41, 5.74) is 1.52. The van der Waals surface area contributed by atoms with Gasteiger partial charge in [0.15, 0.2) is 0 Å². The molecule has 0 aliphatic carbocycles. The second-order valence-electron chi connectivity index (χ2n) is 6.43. The fourth-order valence-electron chi connectivity index (χ4n) is 3.10. The molecule has 27 heavy (non-hydrogen) atoms. The van der Waals surface area contributed by atoms with Crippen LogP contribution in [0.15, 0.2) is 42.6 Å². The summed E-state index contributed by atoms with van der Waals surface area (Å²) >= 11 is 6.10. The minimum Gasteiger partial charge on any atom is -0.353 e. The number of aromatic nitrogens is 1. The van der Waals surface area contributed by atoms with E-state index in [1.165, 1.54) is 0 Å². The van der Waals surface area contributed by atoms with Gasteiger partial charge in [-0.05, 0) is 23.8 Å². The highest BCUT2D eigenvalue weighted by atomic mass is 35.5. The van der Waals surface area contributed by atoms with Gasteiger partial charge in [-0.3, -0.25) is 9.69 Å². The maximum Gasteiger partial charge on any atom is 0.221 e. The monoisotopic (exact) mass is 383 g/mol. The Morgan fingerprint density at radius 2 is 1.96 bits per heavy atom. The molecular formula is C20H22ClN5O. The molecule has 2 heterocycles. The number of pyridine rings is 1. The summed E-state index contributed by atoms with van der Waals surface area (Å²) in [6.07, 6.45) is 2.17. The molecular weight excluding hydrogens is 362 g/mol. The molecule has 1 amide bonds. The van der Waals surface area contributed by atoms with Crippen LogP contribution in [0.2, 0.25) is 5.02 Å². The van der Waals surface area contributed by atoms with E-state index in [4.69, 9.17) is 11.6 Å². The normalized spacial score (nSPS) is 14.6. The lowest BCUT2D eigenvalue weighted by Crippen LogP contribution is -2.47. The number of anilines is 1. The van der Waals surface area contributed by atoms with Gasteiger partial charge in [0.25, 0.3) is 0 Å². The molecule has 7 heteroatoms. The van der Waals surface area contributed by atoms with E-state index >= 15 is 0 Å². The fourth-order valence-corrected chi connectivity index (χ4v) is 3.31. The molecule has 0 radical (unpaired) electrons. The molecule has 1 aliphatic heterocycles. The number of nitriles is 1. The molecule has 0 atom stereocenters. The number of carbonyl (C=O) groups excluding carboxylic acids is 1. The average molecular weight is 384 g/mol. The highest BCUT2D eigenvalue weighted by Crippen LogP contribution is 2.18. The topological polar surface area (TPSA) is 72.3 Å². The van der Waals surface area contributed by atoms with Gasteiger partial charge in [0.05, 0.1) is 5.56 Å². The summed E-state index contributed by atoms with van der Waals surface area (Å²) in [5.74, 6) is 0.769. The van der Waals surface area contributed by atoms with Crippen LogP contribution in [0.4, 0.5) is 5.82 Å². The SMILES string of the molecule is N#Cc1cccnc1N1CCN(CCC(=O)NCc2ccccc2Cl)CC1. The van der Waals surface area contributed by atoms with E-state index < -0.39 is 0 Å². The zero-order valence-electron chi connectivity index (χ0n) is 15.1. The first kappa shape index (κ1) is 19.2. The Morgan fingerprint density at radius 3 is 2.70 bits per heavy atom. The van der Waals surface area contributed by atoms with Crippen molar-refractivity contribution in [2.45, 2.75) is 13.0 Å². The van der Waals surface area contributed by atoms with Crippen molar-refractivity contribution in [1.82, 2.24) is 15.2 Å². The van der Waals surface area contributed by atoms with E-state index in [2.05, 4.69) is 26.2 Å². The van der Waals surface area contributed by atoms with Crippen LogP contribution in [0.1, 0.15) is 17.5 Å². The Balaban J connectivity index is 1.41. The van der Waals surface area contributed by atoms with Gasteiger partial charge in [0.1, 0.15) is 11.9 Å². The number of nitrogens with zero attached hydrogens (tertiary/aromatic N) is 4. The third-order valence-electron chi connectivity index (χ3n) is 4.67. The minimum atomic E-state index is 0.0221. The smallest absolute Gasteiger partial charge is 0.221 e. The number of benzene rings is 1. The van der Waals surface area contributed by atoms with Crippen LogP contribution < -0.4 is 10.2 Å². The summed E-state index contributed by atoms with van der Waals surface area (Å²) < 4.78 is 0. The van der Waals surface area contributed by atoms with Crippen LogP contribution in [0, 0.1) is 11.3 Å². The van der Waals surface area contributed by atoms with Crippen molar-refractivity contribution in [3.05, 3.63) is 58.7 Å². The van der Waals surface area contributed by atoms with E-state index in [1.54, 1.807) is 18.3 Å². The molecule has 140 valence electrons. The van der Waals surface area contributed by atoms with Crippen LogP contribution in [-0.2, 0) is 11.3 Å². The Labute approximate surface area is 164 Å². The summed E-state index contributed by atoms with van der Waals surface area (Å²) in [6, 6.07) is 13.3. The first-order valence-electron chi connectivity index (χ1n) is 9.00. The lowest BCUT2D eigenvalue weighted by Gasteiger charge is -2.35.